The van der Waals surface area contributed by atoms with Crippen LogP contribution >= 0.6 is 0 Å². The number of carbonyl (C=O) groups is 1. The number of hydrogen-bond donors (Lipinski definition) is 2. The van der Waals surface area contributed by atoms with Crippen LogP contribution in [-0.2, 0) is 19.2 Å². The summed E-state index contributed by atoms with van der Waals surface area (Å²) >= 11 is 0. The lowest BCUT2D eigenvalue weighted by atomic mass is 9.72. The van der Waals surface area contributed by atoms with Gasteiger partial charge in [0.1, 0.15) is 22.5 Å². The van der Waals surface area contributed by atoms with Gasteiger partial charge in [0.15, 0.2) is 5.82 Å². The molecule has 0 spiro atoms. The van der Waals surface area contributed by atoms with Gasteiger partial charge in [0.25, 0.3) is 5.91 Å². The molecule has 1 saturated heterocycles. The van der Waals surface area contributed by atoms with E-state index in [2.05, 4.69) is 21.3 Å². The third-order valence-electron chi connectivity index (χ3n) is 9.68. The van der Waals surface area contributed by atoms with Crippen LogP contribution in [0.4, 0.5) is 0 Å². The molecule has 3 N–H and O–H groups in total. The van der Waals surface area contributed by atoms with Crippen molar-refractivity contribution in [1.29, 1.82) is 0 Å². The van der Waals surface area contributed by atoms with Crippen molar-refractivity contribution in [2.24, 2.45) is 24.6 Å². The number of aryl methyl sites for hydroxylation is 1. The van der Waals surface area contributed by atoms with Gasteiger partial charge in [-0.3, -0.25) is 4.79 Å². The number of nitrogens with two attached hydrogens (primary N) is 1. The van der Waals surface area contributed by atoms with Crippen LogP contribution in [0.5, 0.6) is 5.75 Å². The van der Waals surface area contributed by atoms with Crippen molar-refractivity contribution < 1.29 is 14.6 Å². The lowest BCUT2D eigenvalue weighted by molar-refractivity contribution is -0.0432. The van der Waals surface area contributed by atoms with Crippen molar-refractivity contribution in [1.82, 2.24) is 24.0 Å². The molecular weight excluding hydrogens is 516 g/mol. The summed E-state index contributed by atoms with van der Waals surface area (Å²) in [5.41, 5.74) is 9.97. The number of methoxy groups -OCH3 is 1. The Morgan fingerprint density at radius 3 is 2.61 bits per heavy atom. The van der Waals surface area contributed by atoms with Crippen molar-refractivity contribution >= 4 is 28.0 Å². The zero-order valence-corrected chi connectivity index (χ0v) is 24.3. The van der Waals surface area contributed by atoms with Gasteiger partial charge in [0.2, 0.25) is 0 Å². The molecule has 3 aromatic heterocycles. The number of fused-ring (bicyclic) bond motifs is 2. The average Bonchev–Trinajstić information content (AvgIpc) is 3.59. The number of likely N-dealkylation sites (tertiary alicyclic amines) is 1. The second kappa shape index (κ2) is 9.84. The third-order valence-corrected chi connectivity index (χ3v) is 9.68. The average molecular weight is 557 g/mol. The second-order valence-corrected chi connectivity index (χ2v) is 12.7. The number of hydrogen-bond acceptors (Lipinski definition) is 6. The van der Waals surface area contributed by atoms with Crippen LogP contribution in [0.2, 0.25) is 0 Å². The molecule has 4 heterocycles. The fourth-order valence-corrected chi connectivity index (χ4v) is 6.71. The normalized spacial score (nSPS) is 21.3. The highest BCUT2D eigenvalue weighted by Gasteiger charge is 2.39. The second-order valence-electron chi connectivity index (χ2n) is 12.7. The van der Waals surface area contributed by atoms with Gasteiger partial charge in [-0.1, -0.05) is 6.42 Å². The Hall–Kier alpha value is -3.43. The number of aromatic nitrogens is 4. The molecule has 3 fully saturated rings. The molecule has 4 aromatic rings. The van der Waals surface area contributed by atoms with Gasteiger partial charge in [0.05, 0.1) is 24.0 Å². The highest BCUT2D eigenvalue weighted by molar-refractivity contribution is 6.00. The number of benzene rings is 1. The van der Waals surface area contributed by atoms with E-state index in [1.807, 2.05) is 37.1 Å². The summed E-state index contributed by atoms with van der Waals surface area (Å²) in [6.45, 7) is 4.05. The van der Waals surface area contributed by atoms with E-state index in [4.69, 9.17) is 20.4 Å². The van der Waals surface area contributed by atoms with E-state index < -0.39 is 5.60 Å². The molecular formula is C32H40N6O3. The molecule has 9 nitrogen and oxygen atoms in total. The smallest absolute Gasteiger partial charge is 0.254 e. The van der Waals surface area contributed by atoms with Crippen molar-refractivity contribution in [3.63, 3.8) is 0 Å². The Morgan fingerprint density at radius 2 is 1.93 bits per heavy atom. The summed E-state index contributed by atoms with van der Waals surface area (Å²) in [5.74, 6) is 2.25. The van der Waals surface area contributed by atoms with Gasteiger partial charge in [0, 0.05) is 43.7 Å². The number of aliphatic hydroxyl groups is 1. The maximum atomic E-state index is 13.5. The topological polar surface area (TPSA) is 111 Å². The zero-order chi connectivity index (χ0) is 28.5. The van der Waals surface area contributed by atoms with Crippen LogP contribution in [0.25, 0.3) is 33.6 Å². The molecule has 2 atom stereocenters. The van der Waals surface area contributed by atoms with Crippen LogP contribution in [-0.4, -0.2) is 61.3 Å². The minimum absolute atomic E-state index is 0.0136. The number of piperidine rings is 1. The number of pyridine rings is 1. The van der Waals surface area contributed by atoms with Gasteiger partial charge < -0.3 is 29.6 Å². The van der Waals surface area contributed by atoms with E-state index >= 15 is 0 Å². The molecule has 0 bridgehead atoms. The Bertz CT molecular complexity index is 1640. The molecule has 9 heteroatoms. The number of rotatable bonds is 7. The lowest BCUT2D eigenvalue weighted by Gasteiger charge is -2.38. The van der Waals surface area contributed by atoms with Crippen LogP contribution in [0, 0.1) is 11.8 Å². The Kier molecular flexibility index (Phi) is 6.35. The predicted octanol–water partition coefficient (Wildman–Crippen LogP) is 4.58. The maximum Gasteiger partial charge on any atom is 0.254 e. The predicted molar refractivity (Wildman–Crippen MR) is 159 cm³/mol. The first-order chi connectivity index (χ1) is 19.7. The summed E-state index contributed by atoms with van der Waals surface area (Å²) in [6, 6.07) is 9.94. The van der Waals surface area contributed by atoms with Gasteiger partial charge in [-0.15, -0.1) is 0 Å². The third kappa shape index (κ3) is 4.50. The Labute approximate surface area is 240 Å². The van der Waals surface area contributed by atoms with E-state index in [1.165, 1.54) is 19.3 Å². The zero-order valence-electron chi connectivity index (χ0n) is 24.3. The minimum Gasteiger partial charge on any atom is -0.494 e. The number of carbonyl (C=O) groups excluding carboxylic acids is 1. The fraction of sp³-hybridized carbons (Fsp3) is 0.531. The number of amides is 1. The Balaban J connectivity index is 1.34. The molecule has 216 valence electrons. The van der Waals surface area contributed by atoms with Crippen LogP contribution < -0.4 is 10.5 Å². The Morgan fingerprint density at radius 1 is 1.12 bits per heavy atom. The molecule has 2 aliphatic carbocycles. The molecule has 0 radical (unpaired) electrons. The highest BCUT2D eigenvalue weighted by Crippen LogP contribution is 2.43. The highest BCUT2D eigenvalue weighted by atomic mass is 16.5. The SMILES string of the molecule is COc1cc(C(=O)N2CCC[C@@H](N)C2)cc2nc(-c3cc4ccc(C(C)(O)C5CCC5)nc4n3CC3CC3)n(C)c12. The maximum absolute atomic E-state index is 13.5. The minimum atomic E-state index is -0.937. The molecule has 41 heavy (non-hydrogen) atoms. The number of nitrogens with zero attached hydrogens (tertiary/aromatic N) is 5. The van der Waals surface area contributed by atoms with E-state index in [9.17, 15) is 9.90 Å². The quantitative estimate of drug-likeness (QED) is 0.345. The van der Waals surface area contributed by atoms with Crippen LogP contribution in [0.15, 0.2) is 30.3 Å². The fourth-order valence-electron chi connectivity index (χ4n) is 6.71. The summed E-state index contributed by atoms with van der Waals surface area (Å²) < 4.78 is 10.1. The molecule has 1 aromatic carbocycles. The van der Waals surface area contributed by atoms with Gasteiger partial charge in [-0.25, -0.2) is 9.97 Å². The first kappa shape index (κ1) is 26.5. The van der Waals surface area contributed by atoms with Crippen LogP contribution in [0.1, 0.15) is 67.9 Å². The largest absolute Gasteiger partial charge is 0.494 e. The number of imidazole rings is 1. The van der Waals surface area contributed by atoms with E-state index in [0.29, 0.717) is 30.3 Å². The van der Waals surface area contributed by atoms with Crippen molar-refractivity contribution in [3.05, 3.63) is 41.6 Å². The first-order valence-corrected chi connectivity index (χ1v) is 15.1. The molecule has 3 aliphatic rings. The first-order valence-electron chi connectivity index (χ1n) is 15.1. The van der Waals surface area contributed by atoms with Crippen molar-refractivity contribution in [3.8, 4) is 17.3 Å². The standard InChI is InChI=1S/C32H40N6O3/c1-32(40,22-6-4-7-22)27-12-11-20-15-25(38(29(20)35-27)17-19-9-10-19)30-34-24-14-21(16-26(41-3)28(24)36(30)2)31(39)37-13-5-8-23(33)18-37/h11-12,14-16,19,22-23,40H,4-10,13,17-18,33H2,1-3H3/t23-,32?/m1/s1. The van der Waals surface area contributed by atoms with Gasteiger partial charge in [-0.2, -0.15) is 0 Å². The van der Waals surface area contributed by atoms with Gasteiger partial charge >= 0.3 is 0 Å². The summed E-state index contributed by atoms with van der Waals surface area (Å²) in [6.07, 6.45) is 7.52. The van der Waals surface area contributed by atoms with Gasteiger partial charge in [-0.05, 0) is 87.6 Å². The monoisotopic (exact) mass is 556 g/mol. The van der Waals surface area contributed by atoms with E-state index in [1.54, 1.807) is 7.11 Å². The molecule has 1 aliphatic heterocycles. The van der Waals surface area contributed by atoms with E-state index in [0.717, 1.165) is 71.5 Å². The molecule has 1 unspecified atom stereocenters. The lowest BCUT2D eigenvalue weighted by Crippen LogP contribution is -2.45. The number of ether oxygens (including phenoxy) is 1. The molecule has 1 amide bonds. The molecule has 2 saturated carbocycles. The van der Waals surface area contributed by atoms with Crippen molar-refractivity contribution in [2.45, 2.75) is 70.1 Å². The summed E-state index contributed by atoms with van der Waals surface area (Å²) in [4.78, 5) is 25.5. The van der Waals surface area contributed by atoms with Crippen LogP contribution in [0.3, 0.4) is 0 Å². The molecule has 7 rings (SSSR count). The summed E-state index contributed by atoms with van der Waals surface area (Å²) in [7, 11) is 3.63. The van der Waals surface area contributed by atoms with E-state index in [-0.39, 0.29) is 17.9 Å². The summed E-state index contributed by atoms with van der Waals surface area (Å²) in [5, 5.41) is 12.4. The van der Waals surface area contributed by atoms with Crippen molar-refractivity contribution in [2.75, 3.05) is 20.2 Å².